The fourth-order valence-electron chi connectivity index (χ4n) is 10.6. The lowest BCUT2D eigenvalue weighted by atomic mass is 9.36. The molecule has 1 aromatic carbocycles. The van der Waals surface area contributed by atoms with Crippen LogP contribution in [0.3, 0.4) is 0 Å². The Morgan fingerprint density at radius 1 is 0.976 bits per heavy atom. The molecule has 4 aliphatic rings. The van der Waals surface area contributed by atoms with E-state index in [-0.39, 0.29) is 16.2 Å². The van der Waals surface area contributed by atoms with Gasteiger partial charge in [-0.3, -0.25) is 0 Å². The van der Waals surface area contributed by atoms with Crippen molar-refractivity contribution in [1.82, 2.24) is 0 Å². The van der Waals surface area contributed by atoms with Crippen LogP contribution in [-0.2, 0) is 0 Å². The Morgan fingerprint density at radius 3 is 2.27 bits per heavy atom. The second-order valence-electron chi connectivity index (χ2n) is 15.2. The van der Waals surface area contributed by atoms with Crippen molar-refractivity contribution in [3.63, 3.8) is 0 Å². The second kappa shape index (κ2) is 10.4. The lowest BCUT2D eigenvalue weighted by Crippen LogP contribution is -2.59. The van der Waals surface area contributed by atoms with Crippen molar-refractivity contribution in [2.75, 3.05) is 0 Å². The third-order valence-corrected chi connectivity index (χ3v) is 13.1. The lowest BCUT2D eigenvalue weighted by molar-refractivity contribution is -0.0372. The van der Waals surface area contributed by atoms with Crippen LogP contribution in [-0.4, -0.2) is 0 Å². The molecule has 0 heterocycles. The van der Waals surface area contributed by atoms with E-state index in [0.717, 1.165) is 24.3 Å². The van der Waals surface area contributed by atoms with E-state index in [2.05, 4.69) is 80.2 Å². The summed E-state index contributed by atoms with van der Waals surface area (Å²) in [5, 5.41) is 0. The van der Waals surface area contributed by atoms with E-state index in [9.17, 15) is 0 Å². The van der Waals surface area contributed by atoms with E-state index >= 15 is 0 Å². The third-order valence-electron chi connectivity index (χ3n) is 13.1. The average molecular weight is 549 g/mol. The van der Waals surface area contributed by atoms with Crippen molar-refractivity contribution in [2.45, 2.75) is 119 Å². The summed E-state index contributed by atoms with van der Waals surface area (Å²) in [6, 6.07) is 6.90. The van der Waals surface area contributed by atoms with Gasteiger partial charge in [0.15, 0.2) is 0 Å². The van der Waals surface area contributed by atoms with Crippen LogP contribution in [0, 0.1) is 35.0 Å². The summed E-state index contributed by atoms with van der Waals surface area (Å²) in [4.78, 5) is 0. The lowest BCUT2D eigenvalue weighted by Gasteiger charge is -2.67. The molecule has 4 aliphatic carbocycles. The predicted molar refractivity (Wildman–Crippen MR) is 180 cm³/mol. The van der Waals surface area contributed by atoms with Gasteiger partial charge in [0.2, 0.25) is 0 Å². The maximum absolute atomic E-state index is 4.89. The van der Waals surface area contributed by atoms with Gasteiger partial charge in [-0.2, -0.15) is 0 Å². The Hall–Kier alpha value is -2.34. The largest absolute Gasteiger partial charge is 0.0999 e. The summed E-state index contributed by atoms with van der Waals surface area (Å²) in [5.74, 6) is 1.71. The summed E-state index contributed by atoms with van der Waals surface area (Å²) in [6.45, 7) is 38.4. The van der Waals surface area contributed by atoms with Crippen molar-refractivity contribution in [1.29, 1.82) is 0 Å². The maximum atomic E-state index is 4.89. The first-order chi connectivity index (χ1) is 19.2. The molecule has 0 N–H and O–H groups in total. The number of hydrogen-bond acceptors (Lipinski definition) is 0. The normalized spacial score (nSPS) is 33.9. The topological polar surface area (TPSA) is 0 Å². The van der Waals surface area contributed by atoms with Gasteiger partial charge in [-0.05, 0) is 116 Å². The highest BCUT2D eigenvalue weighted by molar-refractivity contribution is 5.87. The molecule has 1 unspecified atom stereocenters. The van der Waals surface area contributed by atoms with Crippen LogP contribution >= 0.6 is 0 Å². The van der Waals surface area contributed by atoms with Gasteiger partial charge in [0, 0.05) is 10.8 Å². The number of fused-ring (bicyclic) bond motifs is 3. The molecule has 1 aromatic rings. The van der Waals surface area contributed by atoms with E-state index in [1.807, 2.05) is 0 Å². The predicted octanol–water partition coefficient (Wildman–Crippen LogP) is 12.2. The van der Waals surface area contributed by atoms with Gasteiger partial charge >= 0.3 is 0 Å². The summed E-state index contributed by atoms with van der Waals surface area (Å²) in [5.41, 5.74) is 14.9. The molecular formula is C41H56. The minimum absolute atomic E-state index is 0.0130. The SMILES string of the molecule is C=C(CCC1CCCCC1)CC1[C@]2(C)C(=C(C)[C@@]3(C)C(=C)C(C(=C)C)=C(C)C[C@@]13C)C(=C)c1c(C)cccc1[C@H]2C. The smallest absolute Gasteiger partial charge is 0.0197 e. The number of allylic oxidation sites excluding steroid dienone is 8. The molecule has 0 radical (unpaired) electrons. The molecule has 1 saturated carbocycles. The van der Waals surface area contributed by atoms with Crippen LogP contribution in [0.1, 0.15) is 129 Å². The second-order valence-corrected chi connectivity index (χ2v) is 15.2. The zero-order valence-electron chi connectivity index (χ0n) is 27.7. The zero-order chi connectivity index (χ0) is 30.1. The first-order valence-electron chi connectivity index (χ1n) is 16.4. The van der Waals surface area contributed by atoms with Crippen LogP contribution in [0.25, 0.3) is 5.57 Å². The summed E-state index contributed by atoms with van der Waals surface area (Å²) >= 11 is 0. The highest BCUT2D eigenvalue weighted by atomic mass is 14.7. The Morgan fingerprint density at radius 2 is 1.63 bits per heavy atom. The molecule has 1 fully saturated rings. The van der Waals surface area contributed by atoms with Gasteiger partial charge in [-0.25, -0.2) is 0 Å². The Balaban J connectivity index is 1.70. The van der Waals surface area contributed by atoms with Crippen LogP contribution in [0.15, 0.2) is 83.5 Å². The molecule has 0 aliphatic heterocycles. The highest BCUT2D eigenvalue weighted by Crippen LogP contribution is 2.75. The summed E-state index contributed by atoms with van der Waals surface area (Å²) in [6.07, 6.45) is 11.7. The monoisotopic (exact) mass is 548 g/mol. The molecule has 5 rings (SSSR count). The van der Waals surface area contributed by atoms with E-state index in [1.165, 1.54) is 101 Å². The average Bonchev–Trinajstić information content (AvgIpc) is 2.91. The van der Waals surface area contributed by atoms with Crippen LogP contribution in [0.4, 0.5) is 0 Å². The maximum Gasteiger partial charge on any atom is 0.0197 e. The Labute approximate surface area is 252 Å². The van der Waals surface area contributed by atoms with Gasteiger partial charge in [0.1, 0.15) is 0 Å². The number of benzene rings is 1. The molecule has 0 saturated heterocycles. The van der Waals surface area contributed by atoms with Crippen LogP contribution in [0.2, 0.25) is 0 Å². The molecule has 220 valence electrons. The van der Waals surface area contributed by atoms with Crippen molar-refractivity contribution < 1.29 is 0 Å². The quantitative estimate of drug-likeness (QED) is 0.310. The van der Waals surface area contributed by atoms with E-state index in [4.69, 9.17) is 19.7 Å². The minimum atomic E-state index is -0.174. The molecule has 0 spiro atoms. The molecule has 0 bridgehead atoms. The standard InChI is InChI=1S/C41H56/c1-25(2)36-28(5)24-39(10)35(23-26(3)21-22-33-18-14-13-15-19-33)40(11)30(7)34-20-16-17-27(4)37(34)29(6)38(40)32(9)41(39,12)31(36)8/h16-17,20,30,33,35H,1,3,6,8,13-15,18-19,21-24H2,2,4-5,7,9-12H3/t30-,35?,39+,40-,41-/m1/s1. The summed E-state index contributed by atoms with van der Waals surface area (Å²) < 4.78 is 0. The van der Waals surface area contributed by atoms with Crippen molar-refractivity contribution in [3.05, 3.63) is 100 Å². The molecular weight excluding hydrogens is 492 g/mol. The van der Waals surface area contributed by atoms with Gasteiger partial charge in [0.25, 0.3) is 0 Å². The van der Waals surface area contributed by atoms with Crippen molar-refractivity contribution >= 4 is 5.57 Å². The molecule has 5 atom stereocenters. The molecule has 0 aromatic heterocycles. The van der Waals surface area contributed by atoms with E-state index < -0.39 is 0 Å². The fraction of sp³-hybridized carbons (Fsp3) is 0.561. The zero-order valence-corrected chi connectivity index (χ0v) is 27.7. The van der Waals surface area contributed by atoms with E-state index in [1.54, 1.807) is 0 Å². The molecule has 0 heteroatoms. The number of hydrogen-bond donors (Lipinski definition) is 0. The van der Waals surface area contributed by atoms with Crippen molar-refractivity contribution in [3.8, 4) is 0 Å². The van der Waals surface area contributed by atoms with Gasteiger partial charge in [-0.1, -0.05) is 127 Å². The minimum Gasteiger partial charge on any atom is -0.0999 e. The Kier molecular flexibility index (Phi) is 7.66. The van der Waals surface area contributed by atoms with Crippen LogP contribution < -0.4 is 0 Å². The molecule has 41 heavy (non-hydrogen) atoms. The number of rotatable bonds is 6. The van der Waals surface area contributed by atoms with Gasteiger partial charge in [-0.15, -0.1) is 0 Å². The molecule has 0 nitrogen and oxygen atoms in total. The fourth-order valence-corrected chi connectivity index (χ4v) is 10.6. The Bertz CT molecular complexity index is 1380. The van der Waals surface area contributed by atoms with E-state index in [0.29, 0.717) is 11.8 Å². The first kappa shape index (κ1) is 30.1. The third kappa shape index (κ3) is 4.21. The molecule has 0 amide bonds. The van der Waals surface area contributed by atoms with Crippen LogP contribution in [0.5, 0.6) is 0 Å². The van der Waals surface area contributed by atoms with Crippen molar-refractivity contribution in [2.24, 2.45) is 28.1 Å². The van der Waals surface area contributed by atoms with Gasteiger partial charge in [0.05, 0.1) is 0 Å². The van der Waals surface area contributed by atoms with Gasteiger partial charge < -0.3 is 0 Å². The summed E-state index contributed by atoms with van der Waals surface area (Å²) in [7, 11) is 0. The number of aryl methyl sites for hydroxylation is 1. The highest BCUT2D eigenvalue weighted by Gasteiger charge is 2.66. The first-order valence-corrected chi connectivity index (χ1v) is 16.4.